The average molecular weight is 252 g/mol. The summed E-state index contributed by atoms with van der Waals surface area (Å²) in [4.78, 5) is 3.50. The lowest BCUT2D eigenvalue weighted by atomic mass is 10.6. The maximum Gasteiger partial charge on any atom is 0.237 e. The first-order chi connectivity index (χ1) is 6.68. The van der Waals surface area contributed by atoms with E-state index in [-0.39, 0.29) is 0 Å². The van der Waals surface area contributed by atoms with Gasteiger partial charge in [0.1, 0.15) is 5.75 Å². The number of hydrogen-bond donors (Lipinski definition) is 1. The van der Waals surface area contributed by atoms with Gasteiger partial charge in [-0.3, -0.25) is 0 Å². The van der Waals surface area contributed by atoms with E-state index in [1.807, 2.05) is 0 Å². The molecule has 0 amide bonds. The Labute approximate surface area is 88.7 Å². The van der Waals surface area contributed by atoms with Crippen molar-refractivity contribution in [2.24, 2.45) is 10.7 Å². The molecule has 0 atom stereocenters. The minimum absolute atomic E-state index is 0.395. The van der Waals surface area contributed by atoms with Crippen molar-refractivity contribution in [2.75, 3.05) is 5.75 Å². The zero-order valence-corrected chi connectivity index (χ0v) is 9.97. The van der Waals surface area contributed by atoms with Crippen molar-refractivity contribution in [3.8, 4) is 0 Å². The van der Waals surface area contributed by atoms with E-state index >= 15 is 0 Å². The van der Waals surface area contributed by atoms with Crippen LogP contribution < -0.4 is 5.73 Å². The fraction of sp³-hybridized carbons (Fsp3) is 0.571. The molecule has 8 heteroatoms. The van der Waals surface area contributed by atoms with Gasteiger partial charge in [0.15, 0.2) is 19.9 Å². The molecule has 86 valence electrons. The van der Waals surface area contributed by atoms with Crippen LogP contribution in [0.1, 0.15) is 13.8 Å². The zero-order chi connectivity index (χ0) is 11.9. The van der Waals surface area contributed by atoms with Crippen molar-refractivity contribution < 1.29 is 16.8 Å². The summed E-state index contributed by atoms with van der Waals surface area (Å²) in [5, 5.41) is -1.44. The lowest BCUT2D eigenvalue weighted by Crippen LogP contribution is -2.28. The van der Waals surface area contributed by atoms with Crippen LogP contribution in [0.2, 0.25) is 0 Å². The molecule has 0 radical (unpaired) electrons. The summed E-state index contributed by atoms with van der Waals surface area (Å²) in [6.07, 6.45) is 0.959. The number of sulfone groups is 2. The SMILES string of the molecule is CC(C)S(=O)(=O)CC1=NC=C(N)S1(=O)=O. The normalized spacial score (nSPS) is 20.2. The zero-order valence-electron chi connectivity index (χ0n) is 8.34. The summed E-state index contributed by atoms with van der Waals surface area (Å²) in [7, 11) is -7.30. The molecule has 0 unspecified atom stereocenters. The van der Waals surface area contributed by atoms with Crippen molar-refractivity contribution in [1.82, 2.24) is 0 Å². The van der Waals surface area contributed by atoms with E-state index in [0.717, 1.165) is 6.20 Å². The highest BCUT2D eigenvalue weighted by Crippen LogP contribution is 2.15. The Balaban J connectivity index is 3.00. The van der Waals surface area contributed by atoms with Gasteiger partial charge in [0.05, 0.1) is 11.4 Å². The number of hydrogen-bond acceptors (Lipinski definition) is 6. The van der Waals surface area contributed by atoms with E-state index in [9.17, 15) is 16.8 Å². The van der Waals surface area contributed by atoms with E-state index < -0.39 is 40.8 Å². The average Bonchev–Trinajstić information content (AvgIpc) is 2.31. The van der Waals surface area contributed by atoms with E-state index in [2.05, 4.69) is 4.99 Å². The maximum atomic E-state index is 11.5. The number of aliphatic imine (C=N–C) groups is 1. The summed E-state index contributed by atoms with van der Waals surface area (Å²) in [6.45, 7) is 2.96. The van der Waals surface area contributed by atoms with Crippen molar-refractivity contribution in [3.05, 3.63) is 11.2 Å². The summed E-state index contributed by atoms with van der Waals surface area (Å²) >= 11 is 0. The van der Waals surface area contributed by atoms with Gasteiger partial charge in [-0.2, -0.15) is 0 Å². The van der Waals surface area contributed by atoms with Crippen molar-refractivity contribution in [3.63, 3.8) is 0 Å². The van der Waals surface area contributed by atoms with Crippen LogP contribution in [0.5, 0.6) is 0 Å². The minimum Gasteiger partial charge on any atom is -0.388 e. The molecule has 0 aromatic heterocycles. The van der Waals surface area contributed by atoms with Crippen LogP contribution in [0.15, 0.2) is 16.2 Å². The fourth-order valence-corrected chi connectivity index (χ4v) is 3.38. The molecular formula is C7H12N2O4S2. The second kappa shape index (κ2) is 3.60. The predicted octanol–water partition coefficient (Wildman–Crippen LogP) is -0.606. The highest BCUT2D eigenvalue weighted by molar-refractivity contribution is 8.11. The Morgan fingerprint density at radius 2 is 2.00 bits per heavy atom. The van der Waals surface area contributed by atoms with Gasteiger partial charge < -0.3 is 5.73 Å². The summed E-state index contributed by atoms with van der Waals surface area (Å²) in [5.74, 6) is -0.593. The third kappa shape index (κ3) is 2.20. The molecule has 0 fully saturated rings. The van der Waals surface area contributed by atoms with Crippen LogP contribution >= 0.6 is 0 Å². The molecule has 2 N–H and O–H groups in total. The van der Waals surface area contributed by atoms with Gasteiger partial charge in [-0.25, -0.2) is 21.8 Å². The predicted molar refractivity (Wildman–Crippen MR) is 57.5 cm³/mol. The van der Waals surface area contributed by atoms with Gasteiger partial charge in [-0.15, -0.1) is 0 Å². The number of rotatable bonds is 3. The molecule has 1 rings (SSSR count). The monoisotopic (exact) mass is 252 g/mol. The number of nitrogens with two attached hydrogens (primary N) is 1. The third-order valence-electron chi connectivity index (χ3n) is 2.00. The second-order valence-corrected chi connectivity index (χ2v) is 7.92. The van der Waals surface area contributed by atoms with E-state index in [0.29, 0.717) is 0 Å². The molecule has 15 heavy (non-hydrogen) atoms. The summed E-state index contributed by atoms with van der Waals surface area (Å²) in [6, 6.07) is 0. The van der Waals surface area contributed by atoms with Crippen LogP contribution in [-0.4, -0.2) is 32.9 Å². The van der Waals surface area contributed by atoms with Gasteiger partial charge in [-0.05, 0) is 13.8 Å². The Kier molecular flexibility index (Phi) is 2.92. The van der Waals surface area contributed by atoms with Gasteiger partial charge in [0.25, 0.3) is 0 Å². The Morgan fingerprint density at radius 3 is 2.33 bits per heavy atom. The smallest absolute Gasteiger partial charge is 0.237 e. The second-order valence-electron chi connectivity index (χ2n) is 3.41. The Morgan fingerprint density at radius 1 is 1.47 bits per heavy atom. The molecule has 1 aliphatic heterocycles. The molecule has 1 heterocycles. The van der Waals surface area contributed by atoms with Crippen LogP contribution in [0.4, 0.5) is 0 Å². The van der Waals surface area contributed by atoms with Crippen molar-refractivity contribution >= 4 is 24.7 Å². The van der Waals surface area contributed by atoms with Gasteiger partial charge in [-0.1, -0.05) is 0 Å². The highest BCUT2D eigenvalue weighted by atomic mass is 32.2. The molecule has 1 aliphatic rings. The largest absolute Gasteiger partial charge is 0.388 e. The lowest BCUT2D eigenvalue weighted by Gasteiger charge is -2.07. The minimum atomic E-state index is -3.82. The fourth-order valence-electron chi connectivity index (χ4n) is 0.864. The van der Waals surface area contributed by atoms with Gasteiger partial charge in [0, 0.05) is 0 Å². The molecule has 0 saturated carbocycles. The van der Waals surface area contributed by atoms with Crippen molar-refractivity contribution in [2.45, 2.75) is 19.1 Å². The molecule has 0 spiro atoms. The molecule has 0 aromatic carbocycles. The first-order valence-electron chi connectivity index (χ1n) is 4.17. The maximum absolute atomic E-state index is 11.5. The summed E-state index contributed by atoms with van der Waals surface area (Å²) < 4.78 is 45.8. The quantitative estimate of drug-likeness (QED) is 0.721. The van der Waals surface area contributed by atoms with Crippen LogP contribution in [0.25, 0.3) is 0 Å². The topological polar surface area (TPSA) is 107 Å². The Hall–Kier alpha value is -0.890. The summed E-state index contributed by atoms with van der Waals surface area (Å²) in [5.41, 5.74) is 5.16. The van der Waals surface area contributed by atoms with E-state index in [4.69, 9.17) is 5.73 Å². The van der Waals surface area contributed by atoms with E-state index in [1.54, 1.807) is 0 Å². The molecular weight excluding hydrogens is 240 g/mol. The number of nitrogens with zero attached hydrogens (tertiary/aromatic N) is 1. The van der Waals surface area contributed by atoms with E-state index in [1.165, 1.54) is 13.8 Å². The van der Waals surface area contributed by atoms with Gasteiger partial charge in [0.2, 0.25) is 9.84 Å². The molecule has 0 aliphatic carbocycles. The molecule has 6 nitrogen and oxygen atoms in total. The molecule has 0 saturated heterocycles. The highest BCUT2D eigenvalue weighted by Gasteiger charge is 2.32. The van der Waals surface area contributed by atoms with Crippen LogP contribution in [0, 0.1) is 0 Å². The first kappa shape index (κ1) is 12.2. The first-order valence-corrected chi connectivity index (χ1v) is 7.37. The van der Waals surface area contributed by atoms with Crippen LogP contribution in [-0.2, 0) is 19.7 Å². The molecule has 0 bridgehead atoms. The Bertz CT molecular complexity index is 525. The van der Waals surface area contributed by atoms with Gasteiger partial charge >= 0.3 is 0 Å². The molecule has 0 aromatic rings. The van der Waals surface area contributed by atoms with Crippen molar-refractivity contribution in [1.29, 1.82) is 0 Å². The third-order valence-corrected chi connectivity index (χ3v) is 5.89. The van der Waals surface area contributed by atoms with Crippen LogP contribution in [0.3, 0.4) is 0 Å². The standard InChI is InChI=1S/C7H12N2O4S2/c1-5(2)14(10,11)4-7-9-3-6(8)15(7,12)13/h3,5H,4,8H2,1-2H3. The lowest BCUT2D eigenvalue weighted by molar-refractivity contribution is 0.590.